The maximum atomic E-state index is 12.1. The van der Waals surface area contributed by atoms with Crippen molar-refractivity contribution in [1.29, 1.82) is 0 Å². The van der Waals surface area contributed by atoms with Crippen LogP contribution in [0.2, 0.25) is 0 Å². The van der Waals surface area contributed by atoms with Crippen molar-refractivity contribution in [3.8, 4) is 5.75 Å². The van der Waals surface area contributed by atoms with Gasteiger partial charge in [0.2, 0.25) is 5.91 Å². The van der Waals surface area contributed by atoms with Gasteiger partial charge in [-0.2, -0.15) is 0 Å². The molecule has 1 heterocycles. The molecule has 0 unspecified atom stereocenters. The van der Waals surface area contributed by atoms with Gasteiger partial charge in [-0.05, 0) is 44.7 Å². The fraction of sp³-hybridized carbons (Fsp3) is 0.529. The van der Waals surface area contributed by atoms with Crippen LogP contribution in [0.3, 0.4) is 0 Å². The molecule has 2 fully saturated rings. The number of ether oxygens (including phenoxy) is 1. The van der Waals surface area contributed by atoms with E-state index in [1.807, 2.05) is 36.1 Å². The predicted molar refractivity (Wildman–Crippen MR) is 78.8 cm³/mol. The van der Waals surface area contributed by atoms with E-state index in [-0.39, 0.29) is 23.7 Å². The van der Waals surface area contributed by atoms with E-state index >= 15 is 0 Å². The van der Waals surface area contributed by atoms with E-state index in [1.165, 1.54) is 0 Å². The molecule has 4 nitrogen and oxygen atoms in total. The number of likely N-dealkylation sites (tertiary alicyclic amines) is 1. The highest BCUT2D eigenvalue weighted by molar-refractivity contribution is 5.81. The first-order valence-corrected chi connectivity index (χ1v) is 7.70. The molecular formula is C17H21NO3. The minimum atomic E-state index is -0.169. The van der Waals surface area contributed by atoms with E-state index < -0.39 is 0 Å². The first-order valence-electron chi connectivity index (χ1n) is 7.70. The van der Waals surface area contributed by atoms with Crippen molar-refractivity contribution >= 4 is 11.9 Å². The van der Waals surface area contributed by atoms with Gasteiger partial charge in [-0.1, -0.05) is 17.7 Å². The van der Waals surface area contributed by atoms with E-state index in [0.29, 0.717) is 31.7 Å². The number of rotatable bonds is 3. The third-order valence-corrected chi connectivity index (χ3v) is 4.31. The molecule has 3 rings (SSSR count). The molecule has 0 spiro atoms. The summed E-state index contributed by atoms with van der Waals surface area (Å²) in [5.41, 5.74) is 1.14. The molecule has 0 N–H and O–H groups in total. The second-order valence-corrected chi connectivity index (χ2v) is 6.11. The van der Waals surface area contributed by atoms with Crippen LogP contribution in [0.4, 0.5) is 0 Å². The zero-order valence-electron chi connectivity index (χ0n) is 12.4. The van der Waals surface area contributed by atoms with Crippen molar-refractivity contribution in [1.82, 2.24) is 4.90 Å². The Kier molecular flexibility index (Phi) is 3.95. The zero-order chi connectivity index (χ0) is 14.8. The van der Waals surface area contributed by atoms with Crippen molar-refractivity contribution in [2.24, 2.45) is 11.8 Å². The lowest BCUT2D eigenvalue weighted by Gasteiger charge is -2.31. The number of piperidine rings is 1. The van der Waals surface area contributed by atoms with Gasteiger partial charge in [-0.25, -0.2) is 0 Å². The summed E-state index contributed by atoms with van der Waals surface area (Å²) in [6.07, 6.45) is 3.49. The van der Waals surface area contributed by atoms with Gasteiger partial charge in [0.15, 0.2) is 0 Å². The zero-order valence-corrected chi connectivity index (χ0v) is 12.4. The highest BCUT2D eigenvalue weighted by atomic mass is 16.5. The Morgan fingerprint density at radius 2 is 1.62 bits per heavy atom. The summed E-state index contributed by atoms with van der Waals surface area (Å²) in [6.45, 7) is 3.37. The van der Waals surface area contributed by atoms with Crippen LogP contribution in [-0.2, 0) is 9.59 Å². The number of esters is 1. The topological polar surface area (TPSA) is 46.6 Å². The second-order valence-electron chi connectivity index (χ2n) is 6.11. The average Bonchev–Trinajstić information content (AvgIpc) is 3.34. The van der Waals surface area contributed by atoms with E-state index in [0.717, 1.165) is 18.4 Å². The highest BCUT2D eigenvalue weighted by Crippen LogP contribution is 2.32. The summed E-state index contributed by atoms with van der Waals surface area (Å²) in [7, 11) is 0. The smallest absolute Gasteiger partial charge is 0.314 e. The molecule has 0 radical (unpaired) electrons. The molecule has 1 saturated heterocycles. The third kappa shape index (κ3) is 3.43. The standard InChI is InChI=1S/C17H21NO3/c1-12-2-6-15(7-3-12)21-17(20)14-8-10-18(11-9-14)16(19)13-4-5-13/h2-3,6-7,13-14H,4-5,8-11H2,1H3. The lowest BCUT2D eigenvalue weighted by molar-refractivity contribution is -0.143. The summed E-state index contributed by atoms with van der Waals surface area (Å²) in [5.74, 6) is 0.885. The third-order valence-electron chi connectivity index (χ3n) is 4.31. The van der Waals surface area contributed by atoms with Crippen molar-refractivity contribution in [2.45, 2.75) is 32.6 Å². The van der Waals surface area contributed by atoms with E-state index in [1.54, 1.807) is 0 Å². The monoisotopic (exact) mass is 287 g/mol. The van der Waals surface area contributed by atoms with Crippen LogP contribution in [0.5, 0.6) is 5.75 Å². The molecule has 1 aromatic carbocycles. The Labute approximate surface area is 125 Å². The summed E-state index contributed by atoms with van der Waals surface area (Å²) in [5, 5.41) is 0. The normalized spacial score (nSPS) is 19.4. The summed E-state index contributed by atoms with van der Waals surface area (Å²) in [4.78, 5) is 26.0. The first-order chi connectivity index (χ1) is 10.1. The van der Waals surface area contributed by atoms with Gasteiger partial charge in [0.1, 0.15) is 5.75 Å². The van der Waals surface area contributed by atoms with Crippen LogP contribution >= 0.6 is 0 Å². The van der Waals surface area contributed by atoms with Gasteiger partial charge < -0.3 is 9.64 Å². The second kappa shape index (κ2) is 5.88. The van der Waals surface area contributed by atoms with Crippen LogP contribution in [0.15, 0.2) is 24.3 Å². The van der Waals surface area contributed by atoms with Crippen LogP contribution in [0, 0.1) is 18.8 Å². The molecule has 0 atom stereocenters. The quantitative estimate of drug-likeness (QED) is 0.634. The Balaban J connectivity index is 1.50. The molecule has 1 aromatic rings. The van der Waals surface area contributed by atoms with Gasteiger partial charge in [0, 0.05) is 19.0 Å². The fourth-order valence-corrected chi connectivity index (χ4v) is 2.73. The fourth-order valence-electron chi connectivity index (χ4n) is 2.73. The summed E-state index contributed by atoms with van der Waals surface area (Å²) < 4.78 is 5.42. The van der Waals surface area contributed by atoms with Crippen LogP contribution in [0.1, 0.15) is 31.2 Å². The lowest BCUT2D eigenvalue weighted by Crippen LogP contribution is -2.41. The number of nitrogens with zero attached hydrogens (tertiary/aromatic N) is 1. The summed E-state index contributed by atoms with van der Waals surface area (Å²) in [6, 6.07) is 7.50. The Morgan fingerprint density at radius 3 is 2.19 bits per heavy atom. The first kappa shape index (κ1) is 14.1. The van der Waals surface area contributed by atoms with Crippen molar-refractivity contribution in [2.75, 3.05) is 13.1 Å². The van der Waals surface area contributed by atoms with Crippen LogP contribution in [-0.4, -0.2) is 29.9 Å². The number of hydrogen-bond donors (Lipinski definition) is 0. The van der Waals surface area contributed by atoms with Gasteiger partial charge in [0.25, 0.3) is 0 Å². The minimum absolute atomic E-state index is 0.0884. The largest absolute Gasteiger partial charge is 0.426 e. The number of carbonyl (C=O) groups excluding carboxylic acids is 2. The number of hydrogen-bond acceptors (Lipinski definition) is 3. The molecule has 0 bridgehead atoms. The maximum Gasteiger partial charge on any atom is 0.314 e. The number of amides is 1. The molecule has 2 aliphatic rings. The number of aryl methyl sites for hydroxylation is 1. The average molecular weight is 287 g/mol. The SMILES string of the molecule is Cc1ccc(OC(=O)C2CCN(C(=O)C3CC3)CC2)cc1. The number of benzene rings is 1. The summed E-state index contributed by atoms with van der Waals surface area (Å²) >= 11 is 0. The van der Waals surface area contributed by atoms with E-state index in [4.69, 9.17) is 4.74 Å². The molecule has 0 aromatic heterocycles. The van der Waals surface area contributed by atoms with Gasteiger partial charge in [0.05, 0.1) is 5.92 Å². The van der Waals surface area contributed by atoms with Gasteiger partial charge in [-0.15, -0.1) is 0 Å². The van der Waals surface area contributed by atoms with Crippen molar-refractivity contribution < 1.29 is 14.3 Å². The Morgan fingerprint density at radius 1 is 1.00 bits per heavy atom. The minimum Gasteiger partial charge on any atom is -0.426 e. The van der Waals surface area contributed by atoms with Crippen LogP contribution in [0.25, 0.3) is 0 Å². The van der Waals surface area contributed by atoms with Crippen molar-refractivity contribution in [3.05, 3.63) is 29.8 Å². The molecule has 21 heavy (non-hydrogen) atoms. The van der Waals surface area contributed by atoms with Crippen molar-refractivity contribution in [3.63, 3.8) is 0 Å². The molecule has 4 heteroatoms. The predicted octanol–water partition coefficient (Wildman–Crippen LogP) is 2.55. The Bertz CT molecular complexity index is 525. The molecule has 1 saturated carbocycles. The van der Waals surface area contributed by atoms with E-state index in [2.05, 4.69) is 0 Å². The molecule has 1 aliphatic carbocycles. The molecule has 1 aliphatic heterocycles. The highest BCUT2D eigenvalue weighted by Gasteiger charge is 2.36. The van der Waals surface area contributed by atoms with Gasteiger partial charge in [-0.3, -0.25) is 9.59 Å². The number of carbonyl (C=O) groups is 2. The molecule has 1 amide bonds. The molecule has 112 valence electrons. The van der Waals surface area contributed by atoms with Gasteiger partial charge >= 0.3 is 5.97 Å². The Hall–Kier alpha value is -1.84. The lowest BCUT2D eigenvalue weighted by atomic mass is 9.96. The van der Waals surface area contributed by atoms with Crippen LogP contribution < -0.4 is 4.74 Å². The molecular weight excluding hydrogens is 266 g/mol. The maximum absolute atomic E-state index is 12.1. The van der Waals surface area contributed by atoms with E-state index in [9.17, 15) is 9.59 Å².